The molecule has 0 amide bonds. The van der Waals surface area contributed by atoms with Gasteiger partial charge in [0.1, 0.15) is 11.0 Å². The highest BCUT2D eigenvalue weighted by atomic mass is 16.4. The zero-order valence-electron chi connectivity index (χ0n) is 23.3. The molecule has 0 N–H and O–H groups in total. The van der Waals surface area contributed by atoms with E-state index < -0.39 is 0 Å². The fourth-order valence-corrected chi connectivity index (χ4v) is 5.76. The molecule has 0 unspecified atom stereocenters. The van der Waals surface area contributed by atoms with Gasteiger partial charge >= 0.3 is 0 Å². The standard InChI is InChI=1S/C38H22N4O2/c1-4-23(25-10-14-35-33(21-25)41-37(43-35)29-8-12-31-27(19-29)6-2-16-39-31)18-24(5-1)26-11-15-36-34(22-26)42-38(44-36)30-9-13-32-28(20-30)7-3-17-40-32/h1-22H. The summed E-state index contributed by atoms with van der Waals surface area (Å²) in [6.45, 7) is 0. The number of nitrogens with zero attached hydrogens (tertiary/aromatic N) is 4. The van der Waals surface area contributed by atoms with Crippen molar-refractivity contribution in [3.8, 4) is 45.2 Å². The Hall–Kier alpha value is -6.14. The summed E-state index contributed by atoms with van der Waals surface area (Å²) in [5, 5.41) is 2.10. The number of aromatic nitrogens is 4. The van der Waals surface area contributed by atoms with Crippen LogP contribution in [-0.4, -0.2) is 19.9 Å². The van der Waals surface area contributed by atoms with Crippen molar-refractivity contribution in [3.63, 3.8) is 0 Å². The van der Waals surface area contributed by atoms with E-state index in [2.05, 4.69) is 70.6 Å². The van der Waals surface area contributed by atoms with Crippen molar-refractivity contribution in [3.05, 3.63) is 134 Å². The molecular formula is C38H22N4O2. The lowest BCUT2D eigenvalue weighted by molar-refractivity contribution is 0.619. The SMILES string of the molecule is c1cc(-c2ccc3oc(-c4ccc5ncccc5c4)nc3c2)cc(-c2ccc3oc(-c4ccc5ncccc5c4)nc3c2)c1. The molecule has 0 spiro atoms. The third kappa shape index (κ3) is 4.20. The second-order valence-electron chi connectivity index (χ2n) is 10.8. The van der Waals surface area contributed by atoms with Gasteiger partial charge in [-0.3, -0.25) is 9.97 Å². The fraction of sp³-hybridized carbons (Fsp3) is 0. The van der Waals surface area contributed by atoms with Gasteiger partial charge in [0.2, 0.25) is 11.8 Å². The van der Waals surface area contributed by atoms with Crippen LogP contribution in [0.25, 0.3) is 89.2 Å². The van der Waals surface area contributed by atoms with E-state index in [4.69, 9.17) is 18.8 Å². The molecule has 4 aromatic heterocycles. The third-order valence-electron chi connectivity index (χ3n) is 8.00. The normalized spacial score (nSPS) is 11.6. The lowest BCUT2D eigenvalue weighted by atomic mass is 9.98. The van der Waals surface area contributed by atoms with Crippen molar-refractivity contribution in [1.82, 2.24) is 19.9 Å². The van der Waals surface area contributed by atoms with Crippen LogP contribution >= 0.6 is 0 Å². The van der Waals surface area contributed by atoms with Crippen molar-refractivity contribution in [1.29, 1.82) is 0 Å². The first-order chi connectivity index (χ1) is 21.7. The van der Waals surface area contributed by atoms with Crippen LogP contribution in [0, 0.1) is 0 Å². The number of rotatable bonds is 4. The summed E-state index contributed by atoms with van der Waals surface area (Å²) in [7, 11) is 0. The topological polar surface area (TPSA) is 77.8 Å². The summed E-state index contributed by atoms with van der Waals surface area (Å²) in [5.41, 5.74) is 11.2. The van der Waals surface area contributed by atoms with Crippen molar-refractivity contribution >= 4 is 44.0 Å². The van der Waals surface area contributed by atoms with Gasteiger partial charge in [0.25, 0.3) is 0 Å². The molecule has 206 valence electrons. The molecule has 5 aromatic carbocycles. The maximum Gasteiger partial charge on any atom is 0.227 e. The molecule has 4 heterocycles. The van der Waals surface area contributed by atoms with Gasteiger partial charge in [-0.2, -0.15) is 0 Å². The van der Waals surface area contributed by atoms with Gasteiger partial charge in [-0.15, -0.1) is 0 Å². The summed E-state index contributed by atoms with van der Waals surface area (Å²) < 4.78 is 12.3. The molecule has 0 aliphatic rings. The predicted molar refractivity (Wildman–Crippen MR) is 174 cm³/mol. The molecule has 0 fully saturated rings. The van der Waals surface area contributed by atoms with E-state index in [0.717, 1.165) is 77.4 Å². The second-order valence-corrected chi connectivity index (χ2v) is 10.8. The number of hydrogen-bond acceptors (Lipinski definition) is 6. The highest BCUT2D eigenvalue weighted by molar-refractivity contribution is 5.88. The molecule has 0 aliphatic heterocycles. The van der Waals surface area contributed by atoms with Gasteiger partial charge in [-0.05, 0) is 101 Å². The second kappa shape index (κ2) is 9.71. The Kier molecular flexibility index (Phi) is 5.40. The summed E-state index contributed by atoms with van der Waals surface area (Å²) in [4.78, 5) is 18.5. The van der Waals surface area contributed by atoms with Crippen LogP contribution in [0.1, 0.15) is 0 Å². The molecule has 0 saturated heterocycles. The molecule has 44 heavy (non-hydrogen) atoms. The first-order valence-electron chi connectivity index (χ1n) is 14.4. The Balaban J connectivity index is 1.04. The van der Waals surface area contributed by atoms with E-state index in [-0.39, 0.29) is 0 Å². The Labute approximate surface area is 251 Å². The molecule has 9 aromatic rings. The lowest BCUT2D eigenvalue weighted by Gasteiger charge is -2.06. The predicted octanol–water partition coefficient (Wildman–Crippen LogP) is 9.73. The summed E-state index contributed by atoms with van der Waals surface area (Å²) in [6.07, 6.45) is 3.60. The monoisotopic (exact) mass is 566 g/mol. The van der Waals surface area contributed by atoms with Crippen molar-refractivity contribution < 1.29 is 8.83 Å². The van der Waals surface area contributed by atoms with Crippen LogP contribution in [0.3, 0.4) is 0 Å². The minimum Gasteiger partial charge on any atom is -0.436 e. The average Bonchev–Trinajstić information content (AvgIpc) is 3.72. The smallest absolute Gasteiger partial charge is 0.227 e. The molecule has 9 rings (SSSR count). The van der Waals surface area contributed by atoms with Crippen LogP contribution in [0.4, 0.5) is 0 Å². The Morgan fingerprint density at radius 2 is 0.841 bits per heavy atom. The van der Waals surface area contributed by atoms with Gasteiger partial charge < -0.3 is 8.83 Å². The lowest BCUT2D eigenvalue weighted by Crippen LogP contribution is -1.83. The maximum absolute atomic E-state index is 6.13. The zero-order valence-corrected chi connectivity index (χ0v) is 23.3. The van der Waals surface area contributed by atoms with E-state index >= 15 is 0 Å². The molecule has 0 atom stereocenters. The van der Waals surface area contributed by atoms with Crippen molar-refractivity contribution in [2.24, 2.45) is 0 Å². The molecule has 0 aliphatic carbocycles. The minimum atomic E-state index is 0.595. The highest BCUT2D eigenvalue weighted by Gasteiger charge is 2.13. The largest absolute Gasteiger partial charge is 0.436 e. The van der Waals surface area contributed by atoms with E-state index in [1.165, 1.54) is 0 Å². The van der Waals surface area contributed by atoms with Crippen LogP contribution < -0.4 is 0 Å². The van der Waals surface area contributed by atoms with Gasteiger partial charge in [-0.1, -0.05) is 42.5 Å². The van der Waals surface area contributed by atoms with E-state index in [9.17, 15) is 0 Å². The highest BCUT2D eigenvalue weighted by Crippen LogP contribution is 2.33. The average molecular weight is 567 g/mol. The van der Waals surface area contributed by atoms with Crippen LogP contribution in [0.2, 0.25) is 0 Å². The van der Waals surface area contributed by atoms with Gasteiger partial charge in [-0.25, -0.2) is 9.97 Å². The molecule has 6 heteroatoms. The Morgan fingerprint density at radius 3 is 1.36 bits per heavy atom. The first kappa shape index (κ1) is 24.5. The minimum absolute atomic E-state index is 0.595. The molecular weight excluding hydrogens is 544 g/mol. The number of pyridine rings is 2. The maximum atomic E-state index is 6.13. The molecule has 0 saturated carbocycles. The number of fused-ring (bicyclic) bond motifs is 4. The number of benzene rings is 5. The summed E-state index contributed by atoms with van der Waals surface area (Å²) in [5.74, 6) is 1.19. The van der Waals surface area contributed by atoms with Gasteiger partial charge in [0, 0.05) is 34.3 Å². The van der Waals surface area contributed by atoms with Gasteiger partial charge in [0.05, 0.1) is 11.0 Å². The Morgan fingerprint density at radius 1 is 0.364 bits per heavy atom. The summed E-state index contributed by atoms with van der Waals surface area (Å²) in [6, 6.07) is 40.8. The van der Waals surface area contributed by atoms with Crippen LogP contribution in [0.5, 0.6) is 0 Å². The summed E-state index contributed by atoms with van der Waals surface area (Å²) >= 11 is 0. The number of hydrogen-bond donors (Lipinski definition) is 0. The fourth-order valence-electron chi connectivity index (χ4n) is 5.76. The van der Waals surface area contributed by atoms with Crippen LogP contribution in [-0.2, 0) is 0 Å². The first-order valence-corrected chi connectivity index (χ1v) is 14.4. The molecule has 0 bridgehead atoms. The van der Waals surface area contributed by atoms with E-state index in [1.807, 2.05) is 60.7 Å². The third-order valence-corrected chi connectivity index (χ3v) is 8.00. The number of oxazole rings is 2. The van der Waals surface area contributed by atoms with Crippen molar-refractivity contribution in [2.45, 2.75) is 0 Å². The van der Waals surface area contributed by atoms with Crippen LogP contribution in [0.15, 0.2) is 143 Å². The van der Waals surface area contributed by atoms with E-state index in [0.29, 0.717) is 11.8 Å². The zero-order chi connectivity index (χ0) is 29.0. The molecule has 0 radical (unpaired) electrons. The van der Waals surface area contributed by atoms with Crippen molar-refractivity contribution in [2.75, 3.05) is 0 Å². The van der Waals surface area contributed by atoms with E-state index in [1.54, 1.807) is 12.4 Å². The van der Waals surface area contributed by atoms with Gasteiger partial charge in [0.15, 0.2) is 11.2 Å². The Bertz CT molecular complexity index is 2360. The quantitative estimate of drug-likeness (QED) is 0.211. The molecule has 6 nitrogen and oxygen atoms in total.